The lowest BCUT2D eigenvalue weighted by Gasteiger charge is -2.25. The monoisotopic (exact) mass is 615 g/mol. The average molecular weight is 616 g/mol. The fourth-order valence-electron chi connectivity index (χ4n) is 4.02. The van der Waals surface area contributed by atoms with Gasteiger partial charge in [0.05, 0.1) is 12.5 Å². The van der Waals surface area contributed by atoms with Crippen LogP contribution < -0.4 is 33.2 Å². The number of guanidine groups is 1. The number of nitrogens with zero attached hydrogens (tertiary/aromatic N) is 1. The number of nitrogens with two attached hydrogens (primary N) is 3. The second kappa shape index (κ2) is 16.9. The summed E-state index contributed by atoms with van der Waals surface area (Å²) in [7, 11) is 0. The Bertz CT molecular complexity index is 1330. The first-order valence-corrected chi connectivity index (χ1v) is 13.5. The van der Waals surface area contributed by atoms with Crippen molar-refractivity contribution in [3.05, 3.63) is 59.7 Å². The molecule has 0 aliphatic heterocycles. The normalized spacial score (nSPS) is 13.4. The molecular formula is C28H37N7O9. The van der Waals surface area contributed by atoms with Crippen LogP contribution in [0.1, 0.15) is 30.4 Å². The number of carboxylic acid groups (broad SMARTS) is 2. The molecule has 0 bridgehead atoms. The number of carboxylic acids is 2. The van der Waals surface area contributed by atoms with Gasteiger partial charge in [-0.25, -0.2) is 4.79 Å². The maximum absolute atomic E-state index is 13.4. The van der Waals surface area contributed by atoms with Crippen molar-refractivity contribution in [2.75, 3.05) is 6.54 Å². The molecule has 0 aromatic heterocycles. The van der Waals surface area contributed by atoms with Crippen molar-refractivity contribution in [1.82, 2.24) is 16.0 Å². The number of carbonyl (C=O) groups excluding carboxylic acids is 3. The number of hydrogen-bond donors (Lipinski definition) is 10. The molecule has 16 heteroatoms. The van der Waals surface area contributed by atoms with Crippen LogP contribution in [0.5, 0.6) is 11.5 Å². The molecule has 0 saturated heterocycles. The highest BCUT2D eigenvalue weighted by Crippen LogP contribution is 2.14. The summed E-state index contributed by atoms with van der Waals surface area (Å²) in [6.07, 6.45) is -0.784. The average Bonchev–Trinajstić information content (AvgIpc) is 2.95. The minimum Gasteiger partial charge on any atom is -0.508 e. The Balaban J connectivity index is 2.30. The van der Waals surface area contributed by atoms with Gasteiger partial charge in [0.2, 0.25) is 17.7 Å². The Hall–Kier alpha value is -5.38. The first kappa shape index (κ1) is 34.8. The fraction of sp³-hybridized carbons (Fsp3) is 0.357. The number of rotatable bonds is 17. The second-order valence-electron chi connectivity index (χ2n) is 9.92. The standard InChI is InChI=1S/C28H37N7O9/c29-19(14-23(38)39)24(40)33-20(2-1-11-32-28(30)31)25(41)34-21(12-15-3-7-17(36)8-4-15)26(42)35-22(27(43)44)13-16-5-9-18(37)10-6-16/h3-10,19-22,36-37H,1-2,11-14,29H2,(H,33,40)(H,34,41)(H,35,42)(H,38,39)(H,43,44)(H4,30,31,32). The highest BCUT2D eigenvalue weighted by Gasteiger charge is 2.31. The lowest BCUT2D eigenvalue weighted by Crippen LogP contribution is -2.58. The van der Waals surface area contributed by atoms with E-state index in [0.29, 0.717) is 11.1 Å². The van der Waals surface area contributed by atoms with E-state index in [9.17, 15) is 39.3 Å². The van der Waals surface area contributed by atoms with E-state index in [-0.39, 0.29) is 49.7 Å². The summed E-state index contributed by atoms with van der Waals surface area (Å²) >= 11 is 0. The van der Waals surface area contributed by atoms with Gasteiger partial charge < -0.3 is 53.6 Å². The molecule has 0 aliphatic carbocycles. The van der Waals surface area contributed by atoms with Crippen molar-refractivity contribution in [1.29, 1.82) is 0 Å². The van der Waals surface area contributed by atoms with E-state index < -0.39 is 60.2 Å². The van der Waals surface area contributed by atoms with E-state index in [1.54, 1.807) is 0 Å². The lowest BCUT2D eigenvalue weighted by atomic mass is 10.0. The minimum absolute atomic E-state index is 0.0230. The minimum atomic E-state index is -1.46. The number of aliphatic carboxylic acids is 2. The number of benzene rings is 2. The Kier molecular flexibility index (Phi) is 13.4. The molecule has 2 aromatic rings. The van der Waals surface area contributed by atoms with Crippen molar-refractivity contribution >= 4 is 35.6 Å². The maximum Gasteiger partial charge on any atom is 0.326 e. The van der Waals surface area contributed by atoms with E-state index in [4.69, 9.17) is 22.3 Å². The molecule has 0 heterocycles. The number of nitrogens with one attached hydrogen (secondary N) is 3. The van der Waals surface area contributed by atoms with Gasteiger partial charge in [-0.1, -0.05) is 24.3 Å². The van der Waals surface area contributed by atoms with Crippen molar-refractivity contribution in [3.63, 3.8) is 0 Å². The Labute approximate surface area is 252 Å². The number of hydrogen-bond acceptors (Lipinski definition) is 9. The summed E-state index contributed by atoms with van der Waals surface area (Å²) in [5.74, 6) is -5.55. The molecule has 2 aromatic carbocycles. The smallest absolute Gasteiger partial charge is 0.326 e. The number of aliphatic imine (C=N–C) groups is 1. The fourth-order valence-corrected chi connectivity index (χ4v) is 4.02. The van der Waals surface area contributed by atoms with Crippen LogP contribution in [0.4, 0.5) is 0 Å². The van der Waals surface area contributed by atoms with E-state index in [0.717, 1.165) is 0 Å². The van der Waals surface area contributed by atoms with Gasteiger partial charge in [0.25, 0.3) is 0 Å². The molecule has 0 spiro atoms. The van der Waals surface area contributed by atoms with E-state index in [2.05, 4.69) is 20.9 Å². The van der Waals surface area contributed by atoms with Crippen LogP contribution in [0, 0.1) is 0 Å². The molecule has 4 unspecified atom stereocenters. The Morgan fingerprint density at radius 3 is 1.64 bits per heavy atom. The molecule has 4 atom stereocenters. The summed E-state index contributed by atoms with van der Waals surface area (Å²) in [4.78, 5) is 66.2. The quantitative estimate of drug-likeness (QED) is 0.0540. The summed E-state index contributed by atoms with van der Waals surface area (Å²) < 4.78 is 0. The molecule has 0 fully saturated rings. The molecule has 0 radical (unpaired) electrons. The molecule has 44 heavy (non-hydrogen) atoms. The van der Waals surface area contributed by atoms with Crippen LogP contribution in [-0.4, -0.2) is 86.8 Å². The van der Waals surface area contributed by atoms with Gasteiger partial charge in [0.1, 0.15) is 29.6 Å². The molecular weight excluding hydrogens is 578 g/mol. The Morgan fingerprint density at radius 2 is 1.16 bits per heavy atom. The van der Waals surface area contributed by atoms with E-state index in [1.165, 1.54) is 48.5 Å². The first-order chi connectivity index (χ1) is 20.7. The van der Waals surface area contributed by atoms with Crippen LogP contribution in [0.15, 0.2) is 53.5 Å². The third-order valence-corrected chi connectivity index (χ3v) is 6.31. The zero-order chi connectivity index (χ0) is 32.8. The summed E-state index contributed by atoms with van der Waals surface area (Å²) in [5.41, 5.74) is 17.3. The maximum atomic E-state index is 13.4. The van der Waals surface area contributed by atoms with Gasteiger partial charge >= 0.3 is 11.9 Å². The number of amides is 3. The molecule has 238 valence electrons. The van der Waals surface area contributed by atoms with Gasteiger partial charge in [0, 0.05) is 19.4 Å². The van der Waals surface area contributed by atoms with Gasteiger partial charge in [-0.05, 0) is 48.2 Å². The third kappa shape index (κ3) is 12.2. The van der Waals surface area contributed by atoms with Gasteiger partial charge in [0.15, 0.2) is 5.96 Å². The third-order valence-electron chi connectivity index (χ3n) is 6.31. The predicted molar refractivity (Wildman–Crippen MR) is 157 cm³/mol. The lowest BCUT2D eigenvalue weighted by molar-refractivity contribution is -0.142. The largest absolute Gasteiger partial charge is 0.508 e. The second-order valence-corrected chi connectivity index (χ2v) is 9.92. The molecule has 13 N–H and O–H groups in total. The van der Waals surface area contributed by atoms with Crippen LogP contribution in [-0.2, 0) is 36.8 Å². The number of phenols is 2. The summed E-state index contributed by atoms with van der Waals surface area (Å²) in [6.45, 7) is 0.0954. The summed E-state index contributed by atoms with van der Waals surface area (Å²) in [5, 5.41) is 45.2. The number of phenolic OH excluding ortho intramolecular Hbond substituents is 2. The predicted octanol–water partition coefficient (Wildman–Crippen LogP) is -1.72. The molecule has 16 nitrogen and oxygen atoms in total. The topological polar surface area (TPSA) is 293 Å². The van der Waals surface area contributed by atoms with Crippen molar-refractivity contribution in [3.8, 4) is 11.5 Å². The zero-order valence-corrected chi connectivity index (χ0v) is 23.7. The van der Waals surface area contributed by atoms with Crippen LogP contribution in [0.25, 0.3) is 0 Å². The van der Waals surface area contributed by atoms with Crippen LogP contribution >= 0.6 is 0 Å². The highest BCUT2D eigenvalue weighted by atomic mass is 16.4. The molecule has 0 saturated carbocycles. The van der Waals surface area contributed by atoms with Crippen molar-refractivity contribution in [2.24, 2.45) is 22.2 Å². The van der Waals surface area contributed by atoms with E-state index in [1.807, 2.05) is 0 Å². The Morgan fingerprint density at radius 1 is 0.705 bits per heavy atom. The SMILES string of the molecule is NC(N)=NCCCC(NC(=O)C(N)CC(=O)O)C(=O)NC(Cc1ccc(O)cc1)C(=O)NC(Cc1ccc(O)cc1)C(=O)O. The number of aromatic hydroxyl groups is 2. The van der Waals surface area contributed by atoms with Gasteiger partial charge in [-0.2, -0.15) is 0 Å². The molecule has 3 amide bonds. The highest BCUT2D eigenvalue weighted by molar-refractivity contribution is 5.95. The number of carbonyl (C=O) groups is 5. The van der Waals surface area contributed by atoms with Crippen LogP contribution in [0.3, 0.4) is 0 Å². The molecule has 0 aliphatic rings. The van der Waals surface area contributed by atoms with Crippen molar-refractivity contribution < 1.29 is 44.4 Å². The summed E-state index contributed by atoms with van der Waals surface area (Å²) in [6, 6.07) is 5.97. The van der Waals surface area contributed by atoms with Gasteiger partial charge in [-0.3, -0.25) is 24.2 Å². The van der Waals surface area contributed by atoms with Crippen molar-refractivity contribution in [2.45, 2.75) is 56.3 Å². The zero-order valence-electron chi connectivity index (χ0n) is 23.7. The first-order valence-electron chi connectivity index (χ1n) is 13.5. The van der Waals surface area contributed by atoms with E-state index >= 15 is 0 Å². The van der Waals surface area contributed by atoms with Gasteiger partial charge in [-0.15, -0.1) is 0 Å². The molecule has 2 rings (SSSR count). The van der Waals surface area contributed by atoms with Crippen LogP contribution in [0.2, 0.25) is 0 Å².